The van der Waals surface area contributed by atoms with Gasteiger partial charge in [-0.2, -0.15) is 0 Å². The summed E-state index contributed by atoms with van der Waals surface area (Å²) in [6.07, 6.45) is 1.49. The molecule has 2 rings (SSSR count). The van der Waals surface area contributed by atoms with Gasteiger partial charge < -0.3 is 5.32 Å². The molecule has 5 nitrogen and oxygen atoms in total. The van der Waals surface area contributed by atoms with Gasteiger partial charge in [-0.25, -0.2) is 17.5 Å². The largest absolute Gasteiger partial charge is 0.356 e. The standard InChI is InChI=1S/C18H21FN2O3S/c1-20-25(23,24)17-9-4-14(5-10-17)6-11-18(22)21-13-12-15-2-7-16(19)8-3-15/h2-5,7-10,20H,6,11-13H2,1H3,(H,21,22). The molecular weight excluding hydrogens is 343 g/mol. The maximum absolute atomic E-state index is 12.8. The van der Waals surface area contributed by atoms with E-state index in [1.54, 1.807) is 24.3 Å². The number of aryl methyl sites for hydroxylation is 1. The van der Waals surface area contributed by atoms with Crippen LogP contribution in [0, 0.1) is 5.82 Å². The van der Waals surface area contributed by atoms with Crippen LogP contribution in [0.15, 0.2) is 53.4 Å². The Bertz CT molecular complexity index is 803. The highest BCUT2D eigenvalue weighted by atomic mass is 32.2. The summed E-state index contributed by atoms with van der Waals surface area (Å²) >= 11 is 0. The minimum absolute atomic E-state index is 0.0750. The van der Waals surface area contributed by atoms with Crippen LogP contribution in [-0.2, 0) is 27.7 Å². The van der Waals surface area contributed by atoms with Crippen molar-refractivity contribution >= 4 is 15.9 Å². The molecule has 0 unspecified atom stereocenters. The molecule has 1 amide bonds. The van der Waals surface area contributed by atoms with Crippen LogP contribution in [0.1, 0.15) is 17.5 Å². The molecule has 0 bridgehead atoms. The van der Waals surface area contributed by atoms with Crippen molar-refractivity contribution in [2.45, 2.75) is 24.2 Å². The Labute approximate surface area is 147 Å². The molecule has 0 aliphatic carbocycles. The molecule has 2 N–H and O–H groups in total. The Kier molecular flexibility index (Phi) is 6.66. The van der Waals surface area contributed by atoms with Gasteiger partial charge in [0.15, 0.2) is 0 Å². The average Bonchev–Trinajstić information content (AvgIpc) is 2.62. The number of sulfonamides is 1. The number of benzene rings is 2. The van der Waals surface area contributed by atoms with E-state index < -0.39 is 10.0 Å². The number of hydrogen-bond donors (Lipinski definition) is 2. The molecular formula is C18H21FN2O3S. The number of rotatable bonds is 8. The molecule has 0 aromatic heterocycles. The third kappa shape index (κ3) is 5.95. The van der Waals surface area contributed by atoms with Crippen LogP contribution in [0.4, 0.5) is 4.39 Å². The Hall–Kier alpha value is -2.25. The van der Waals surface area contributed by atoms with E-state index in [9.17, 15) is 17.6 Å². The lowest BCUT2D eigenvalue weighted by atomic mass is 10.1. The van der Waals surface area contributed by atoms with E-state index in [2.05, 4.69) is 10.0 Å². The normalized spacial score (nSPS) is 11.3. The molecule has 0 aliphatic rings. The van der Waals surface area contributed by atoms with Crippen molar-refractivity contribution in [3.8, 4) is 0 Å². The van der Waals surface area contributed by atoms with Crippen molar-refractivity contribution < 1.29 is 17.6 Å². The monoisotopic (exact) mass is 364 g/mol. The Morgan fingerprint density at radius 2 is 1.52 bits per heavy atom. The van der Waals surface area contributed by atoms with Crippen LogP contribution >= 0.6 is 0 Å². The lowest BCUT2D eigenvalue weighted by molar-refractivity contribution is -0.121. The molecule has 134 valence electrons. The van der Waals surface area contributed by atoms with E-state index in [0.717, 1.165) is 11.1 Å². The highest BCUT2D eigenvalue weighted by Gasteiger charge is 2.10. The van der Waals surface area contributed by atoms with Crippen molar-refractivity contribution in [3.05, 3.63) is 65.5 Å². The highest BCUT2D eigenvalue weighted by Crippen LogP contribution is 2.11. The summed E-state index contributed by atoms with van der Waals surface area (Å²) in [6.45, 7) is 0.490. The van der Waals surface area contributed by atoms with Gasteiger partial charge in [-0.1, -0.05) is 24.3 Å². The Morgan fingerprint density at radius 3 is 2.12 bits per heavy atom. The summed E-state index contributed by atoms with van der Waals surface area (Å²) in [5.74, 6) is -0.352. The van der Waals surface area contributed by atoms with Crippen molar-refractivity contribution in [3.63, 3.8) is 0 Å². The number of carbonyl (C=O) groups excluding carboxylic acids is 1. The maximum Gasteiger partial charge on any atom is 0.240 e. The molecule has 2 aromatic rings. The van der Waals surface area contributed by atoms with Crippen molar-refractivity contribution in [2.24, 2.45) is 0 Å². The SMILES string of the molecule is CNS(=O)(=O)c1ccc(CCC(=O)NCCc2ccc(F)cc2)cc1. The minimum atomic E-state index is -3.44. The number of amides is 1. The molecule has 0 heterocycles. The lowest BCUT2D eigenvalue weighted by Gasteiger charge is -2.07. The second-order valence-electron chi connectivity index (χ2n) is 5.58. The Balaban J connectivity index is 1.75. The van der Waals surface area contributed by atoms with Gasteiger partial charge in [-0.15, -0.1) is 0 Å². The predicted molar refractivity (Wildman–Crippen MR) is 94.1 cm³/mol. The first-order chi connectivity index (χ1) is 11.9. The fourth-order valence-electron chi connectivity index (χ4n) is 2.30. The zero-order valence-corrected chi connectivity index (χ0v) is 14.8. The second-order valence-corrected chi connectivity index (χ2v) is 7.46. The first-order valence-corrected chi connectivity index (χ1v) is 9.42. The van der Waals surface area contributed by atoms with Gasteiger partial charge in [0.25, 0.3) is 0 Å². The molecule has 2 aromatic carbocycles. The van der Waals surface area contributed by atoms with E-state index in [4.69, 9.17) is 0 Å². The number of carbonyl (C=O) groups is 1. The smallest absolute Gasteiger partial charge is 0.240 e. The van der Waals surface area contributed by atoms with Gasteiger partial charge in [-0.05, 0) is 55.3 Å². The van der Waals surface area contributed by atoms with Crippen LogP contribution < -0.4 is 10.0 Å². The van der Waals surface area contributed by atoms with Crippen molar-refractivity contribution in [2.75, 3.05) is 13.6 Å². The van der Waals surface area contributed by atoms with Crippen LogP contribution in [0.2, 0.25) is 0 Å². The average molecular weight is 364 g/mol. The molecule has 0 fully saturated rings. The summed E-state index contributed by atoms with van der Waals surface area (Å²) in [5.41, 5.74) is 1.85. The van der Waals surface area contributed by atoms with Gasteiger partial charge in [0.1, 0.15) is 5.82 Å². The third-order valence-electron chi connectivity index (χ3n) is 3.79. The first kappa shape index (κ1) is 19.1. The van der Waals surface area contributed by atoms with Gasteiger partial charge in [0.05, 0.1) is 4.90 Å². The van der Waals surface area contributed by atoms with Crippen LogP contribution in [0.25, 0.3) is 0 Å². The van der Waals surface area contributed by atoms with Crippen LogP contribution in [0.5, 0.6) is 0 Å². The summed E-state index contributed by atoms with van der Waals surface area (Å²) < 4.78 is 38.3. The number of halogens is 1. The van der Waals surface area contributed by atoms with E-state index in [1.807, 2.05) is 0 Å². The van der Waals surface area contributed by atoms with E-state index >= 15 is 0 Å². The first-order valence-electron chi connectivity index (χ1n) is 7.94. The lowest BCUT2D eigenvalue weighted by Crippen LogP contribution is -2.25. The molecule has 0 saturated heterocycles. The number of hydrogen-bond acceptors (Lipinski definition) is 3. The van der Waals surface area contributed by atoms with E-state index in [1.165, 1.54) is 31.3 Å². The second kappa shape index (κ2) is 8.73. The third-order valence-corrected chi connectivity index (χ3v) is 5.22. The van der Waals surface area contributed by atoms with Crippen LogP contribution in [-0.4, -0.2) is 27.9 Å². The van der Waals surface area contributed by atoms with Crippen molar-refractivity contribution in [1.29, 1.82) is 0 Å². The van der Waals surface area contributed by atoms with Gasteiger partial charge >= 0.3 is 0 Å². The molecule has 0 radical (unpaired) electrons. The van der Waals surface area contributed by atoms with E-state index in [0.29, 0.717) is 25.8 Å². The zero-order valence-electron chi connectivity index (χ0n) is 14.0. The molecule has 25 heavy (non-hydrogen) atoms. The van der Waals surface area contributed by atoms with Gasteiger partial charge in [0, 0.05) is 13.0 Å². The molecule has 0 aliphatic heterocycles. The van der Waals surface area contributed by atoms with Crippen LogP contribution in [0.3, 0.4) is 0 Å². The fourth-order valence-corrected chi connectivity index (χ4v) is 3.03. The summed E-state index contributed by atoms with van der Waals surface area (Å²) in [7, 11) is -2.08. The summed E-state index contributed by atoms with van der Waals surface area (Å²) in [6, 6.07) is 12.6. The number of nitrogens with one attached hydrogen (secondary N) is 2. The summed E-state index contributed by atoms with van der Waals surface area (Å²) in [5, 5.41) is 2.82. The van der Waals surface area contributed by atoms with E-state index in [-0.39, 0.29) is 16.6 Å². The molecule has 0 atom stereocenters. The molecule has 0 saturated carbocycles. The minimum Gasteiger partial charge on any atom is -0.356 e. The van der Waals surface area contributed by atoms with Crippen molar-refractivity contribution in [1.82, 2.24) is 10.0 Å². The predicted octanol–water partition coefficient (Wildman–Crippen LogP) is 2.03. The molecule has 7 heteroatoms. The topological polar surface area (TPSA) is 75.3 Å². The zero-order chi connectivity index (χ0) is 18.3. The highest BCUT2D eigenvalue weighted by molar-refractivity contribution is 7.89. The fraction of sp³-hybridized carbons (Fsp3) is 0.278. The Morgan fingerprint density at radius 1 is 0.960 bits per heavy atom. The quantitative estimate of drug-likeness (QED) is 0.753. The van der Waals surface area contributed by atoms with Gasteiger partial charge in [-0.3, -0.25) is 4.79 Å². The molecule has 0 spiro atoms. The summed E-state index contributed by atoms with van der Waals surface area (Å²) in [4.78, 5) is 12.1. The maximum atomic E-state index is 12.8. The van der Waals surface area contributed by atoms with Gasteiger partial charge in [0.2, 0.25) is 15.9 Å².